The van der Waals surface area contributed by atoms with Crippen LogP contribution in [0.15, 0.2) is 30.6 Å². The van der Waals surface area contributed by atoms with Crippen LogP contribution >= 0.6 is 0 Å². The zero-order chi connectivity index (χ0) is 23.5. The third-order valence-electron chi connectivity index (χ3n) is 6.75. The molecule has 0 radical (unpaired) electrons. The molecule has 1 aromatic carbocycles. The van der Waals surface area contributed by atoms with Gasteiger partial charge in [0.1, 0.15) is 5.78 Å². The van der Waals surface area contributed by atoms with Gasteiger partial charge in [-0.3, -0.25) is 9.59 Å². The molecular formula is C26H33N5O2. The van der Waals surface area contributed by atoms with Crippen molar-refractivity contribution in [3.05, 3.63) is 52.8 Å². The van der Waals surface area contributed by atoms with Crippen molar-refractivity contribution in [2.45, 2.75) is 78.4 Å². The summed E-state index contributed by atoms with van der Waals surface area (Å²) >= 11 is 0. The zero-order valence-corrected chi connectivity index (χ0v) is 19.9. The fourth-order valence-electron chi connectivity index (χ4n) is 4.51. The summed E-state index contributed by atoms with van der Waals surface area (Å²) in [6, 6.07) is 6.39. The lowest BCUT2D eigenvalue weighted by Crippen LogP contribution is -2.31. The molecular weight excluding hydrogens is 414 g/mol. The van der Waals surface area contributed by atoms with Gasteiger partial charge < -0.3 is 10.6 Å². The number of benzene rings is 1. The maximum absolute atomic E-state index is 13.5. The SMILES string of the molecule is CCC(NC(=O)c1cnc2c(cnn2CC)c1NC1CCC(=O)CC1)c1ccc(C)c(C)c1. The number of aromatic nitrogens is 3. The van der Waals surface area contributed by atoms with Crippen molar-refractivity contribution < 1.29 is 9.59 Å². The number of carbonyl (C=O) groups is 2. The number of rotatable bonds is 7. The summed E-state index contributed by atoms with van der Waals surface area (Å²) in [5.74, 6) is 0.150. The van der Waals surface area contributed by atoms with E-state index >= 15 is 0 Å². The molecule has 0 bridgehead atoms. The van der Waals surface area contributed by atoms with E-state index in [-0.39, 0.29) is 18.0 Å². The molecule has 0 spiro atoms. The molecule has 3 aromatic rings. The molecule has 0 aliphatic heterocycles. The number of aryl methyl sites for hydroxylation is 3. The van der Waals surface area contributed by atoms with Crippen LogP contribution < -0.4 is 10.6 Å². The second-order valence-electron chi connectivity index (χ2n) is 8.98. The summed E-state index contributed by atoms with van der Waals surface area (Å²) in [5.41, 5.74) is 5.57. The largest absolute Gasteiger partial charge is 0.381 e. The average molecular weight is 448 g/mol. The minimum atomic E-state index is -0.159. The van der Waals surface area contributed by atoms with Crippen LogP contribution in [0.4, 0.5) is 5.69 Å². The zero-order valence-electron chi connectivity index (χ0n) is 19.9. The Morgan fingerprint density at radius 1 is 1.15 bits per heavy atom. The number of amides is 1. The standard InChI is InChI=1S/C26H33N5O2/c1-5-23(18-8-7-16(3)17(4)13-18)30-26(33)22-14-27-25-21(15-28-31(25)6-2)24(22)29-19-9-11-20(32)12-10-19/h7-8,13-15,19,23H,5-6,9-12H2,1-4H3,(H,27,29)(H,30,33). The number of fused-ring (bicyclic) bond motifs is 1. The van der Waals surface area contributed by atoms with Gasteiger partial charge in [-0.1, -0.05) is 25.1 Å². The molecule has 2 N–H and O–H groups in total. The summed E-state index contributed by atoms with van der Waals surface area (Å²) in [6.07, 6.45) is 6.90. The number of ketones is 1. The normalized spacial score (nSPS) is 15.6. The predicted octanol–water partition coefficient (Wildman–Crippen LogP) is 4.87. The molecule has 1 saturated carbocycles. The van der Waals surface area contributed by atoms with Gasteiger partial charge in [0.25, 0.3) is 5.91 Å². The Hall–Kier alpha value is -3.22. The fraction of sp³-hybridized carbons (Fsp3) is 0.462. The molecule has 0 saturated heterocycles. The summed E-state index contributed by atoms with van der Waals surface area (Å²) in [4.78, 5) is 29.8. The minimum absolute atomic E-state index is 0.0917. The van der Waals surface area contributed by atoms with Crippen LogP contribution in [-0.4, -0.2) is 32.5 Å². The lowest BCUT2D eigenvalue weighted by molar-refractivity contribution is -0.120. The van der Waals surface area contributed by atoms with E-state index in [4.69, 9.17) is 0 Å². The second kappa shape index (κ2) is 9.73. The van der Waals surface area contributed by atoms with Gasteiger partial charge in [0.2, 0.25) is 0 Å². The Balaban J connectivity index is 1.66. The summed E-state index contributed by atoms with van der Waals surface area (Å²) in [5, 5.41) is 12.1. The van der Waals surface area contributed by atoms with Crippen molar-refractivity contribution >= 4 is 28.4 Å². The van der Waals surface area contributed by atoms with Gasteiger partial charge in [-0.25, -0.2) is 9.67 Å². The smallest absolute Gasteiger partial charge is 0.255 e. The monoisotopic (exact) mass is 447 g/mol. The highest BCUT2D eigenvalue weighted by atomic mass is 16.1. The second-order valence-corrected chi connectivity index (χ2v) is 8.98. The van der Waals surface area contributed by atoms with Crippen molar-refractivity contribution in [3.8, 4) is 0 Å². The van der Waals surface area contributed by atoms with Gasteiger partial charge in [-0.05, 0) is 56.7 Å². The maximum Gasteiger partial charge on any atom is 0.255 e. The van der Waals surface area contributed by atoms with Crippen molar-refractivity contribution in [2.75, 3.05) is 5.32 Å². The van der Waals surface area contributed by atoms with Crippen molar-refractivity contribution in [1.29, 1.82) is 0 Å². The molecule has 1 unspecified atom stereocenters. The van der Waals surface area contributed by atoms with Gasteiger partial charge in [-0.2, -0.15) is 5.10 Å². The number of Topliss-reactive ketones (excluding diaryl/α,β-unsaturated/α-hetero) is 1. The summed E-state index contributed by atoms with van der Waals surface area (Å²) in [6.45, 7) is 8.97. The number of hydrogen-bond donors (Lipinski definition) is 2. The van der Waals surface area contributed by atoms with Crippen molar-refractivity contribution in [1.82, 2.24) is 20.1 Å². The average Bonchev–Trinajstić information content (AvgIpc) is 3.24. The molecule has 1 aliphatic rings. The van der Waals surface area contributed by atoms with E-state index in [0.29, 0.717) is 30.7 Å². The fourth-order valence-corrected chi connectivity index (χ4v) is 4.51. The Kier molecular flexibility index (Phi) is 6.77. The minimum Gasteiger partial charge on any atom is -0.381 e. The third kappa shape index (κ3) is 4.77. The molecule has 2 aromatic heterocycles. The number of hydrogen-bond acceptors (Lipinski definition) is 5. The Bertz CT molecular complexity index is 1170. The first-order valence-electron chi connectivity index (χ1n) is 11.9. The first-order chi connectivity index (χ1) is 15.9. The van der Waals surface area contributed by atoms with Crippen LogP contribution in [0.2, 0.25) is 0 Å². The summed E-state index contributed by atoms with van der Waals surface area (Å²) in [7, 11) is 0. The maximum atomic E-state index is 13.5. The molecule has 1 atom stereocenters. The van der Waals surface area contributed by atoms with Gasteiger partial charge in [-0.15, -0.1) is 0 Å². The molecule has 33 heavy (non-hydrogen) atoms. The highest BCUT2D eigenvalue weighted by Gasteiger charge is 2.25. The van der Waals surface area contributed by atoms with Gasteiger partial charge >= 0.3 is 0 Å². The Morgan fingerprint density at radius 2 is 1.91 bits per heavy atom. The van der Waals surface area contributed by atoms with Crippen LogP contribution in [0.3, 0.4) is 0 Å². The Labute approximate surface area is 195 Å². The van der Waals surface area contributed by atoms with E-state index in [9.17, 15) is 9.59 Å². The number of pyridine rings is 1. The number of nitrogens with one attached hydrogen (secondary N) is 2. The highest BCUT2D eigenvalue weighted by Crippen LogP contribution is 2.30. The van der Waals surface area contributed by atoms with Crippen LogP contribution in [0.1, 0.15) is 79.0 Å². The number of carbonyl (C=O) groups excluding carboxylic acids is 2. The first-order valence-corrected chi connectivity index (χ1v) is 11.9. The van der Waals surface area contributed by atoms with E-state index in [2.05, 4.69) is 59.7 Å². The highest BCUT2D eigenvalue weighted by molar-refractivity contribution is 6.06. The summed E-state index contributed by atoms with van der Waals surface area (Å²) < 4.78 is 1.83. The van der Waals surface area contributed by atoms with E-state index in [1.165, 1.54) is 11.1 Å². The van der Waals surface area contributed by atoms with Crippen LogP contribution in [0.25, 0.3) is 11.0 Å². The number of nitrogens with zero attached hydrogens (tertiary/aromatic N) is 3. The predicted molar refractivity (Wildman–Crippen MR) is 131 cm³/mol. The first kappa shape index (κ1) is 23.0. The van der Waals surface area contributed by atoms with E-state index in [0.717, 1.165) is 41.5 Å². The lowest BCUT2D eigenvalue weighted by Gasteiger charge is -2.25. The van der Waals surface area contributed by atoms with E-state index < -0.39 is 0 Å². The van der Waals surface area contributed by atoms with Crippen LogP contribution in [0, 0.1) is 13.8 Å². The molecule has 174 valence electrons. The van der Waals surface area contributed by atoms with Crippen molar-refractivity contribution in [3.63, 3.8) is 0 Å². The third-order valence-corrected chi connectivity index (χ3v) is 6.75. The molecule has 7 heteroatoms. The molecule has 7 nitrogen and oxygen atoms in total. The number of anilines is 1. The lowest BCUT2D eigenvalue weighted by atomic mass is 9.94. The van der Waals surface area contributed by atoms with Gasteiger partial charge in [0.15, 0.2) is 5.65 Å². The Morgan fingerprint density at radius 3 is 2.58 bits per heavy atom. The molecule has 1 fully saturated rings. The quantitative estimate of drug-likeness (QED) is 0.539. The topological polar surface area (TPSA) is 88.9 Å². The molecule has 4 rings (SSSR count). The van der Waals surface area contributed by atoms with Crippen LogP contribution in [0.5, 0.6) is 0 Å². The van der Waals surface area contributed by atoms with Gasteiger partial charge in [0.05, 0.1) is 28.9 Å². The van der Waals surface area contributed by atoms with Crippen LogP contribution in [-0.2, 0) is 11.3 Å². The van der Waals surface area contributed by atoms with Gasteiger partial charge in [0, 0.05) is 31.6 Å². The molecule has 1 amide bonds. The molecule has 2 heterocycles. The molecule has 1 aliphatic carbocycles. The van der Waals surface area contributed by atoms with Crippen molar-refractivity contribution in [2.24, 2.45) is 0 Å². The van der Waals surface area contributed by atoms with E-state index in [1.54, 1.807) is 12.4 Å². The van der Waals surface area contributed by atoms with E-state index in [1.807, 2.05) is 11.6 Å².